The van der Waals surface area contributed by atoms with Gasteiger partial charge in [-0.1, -0.05) is 18.2 Å². The Balaban J connectivity index is 0. The van der Waals surface area contributed by atoms with Crippen LogP contribution in [0.4, 0.5) is 0 Å². The van der Waals surface area contributed by atoms with Gasteiger partial charge < -0.3 is 14.5 Å². The molecule has 18 heavy (non-hydrogen) atoms. The van der Waals surface area contributed by atoms with Crippen molar-refractivity contribution in [2.75, 3.05) is 41.3 Å². The SMILES string of the molecule is CN(C)CCOc1ccccc1CN(C)C.Cl.Cl. The summed E-state index contributed by atoms with van der Waals surface area (Å²) in [5, 5.41) is 0. The Hall–Kier alpha value is -0.480. The van der Waals surface area contributed by atoms with Crippen LogP contribution in [0.15, 0.2) is 24.3 Å². The summed E-state index contributed by atoms with van der Waals surface area (Å²) in [7, 11) is 8.23. The molecule has 0 aliphatic heterocycles. The lowest BCUT2D eigenvalue weighted by Gasteiger charge is -2.16. The summed E-state index contributed by atoms with van der Waals surface area (Å²) in [6, 6.07) is 8.22. The molecule has 106 valence electrons. The molecule has 1 rings (SSSR count). The van der Waals surface area contributed by atoms with Crippen molar-refractivity contribution in [3.05, 3.63) is 29.8 Å². The van der Waals surface area contributed by atoms with Crippen LogP contribution in [0.25, 0.3) is 0 Å². The van der Waals surface area contributed by atoms with Gasteiger partial charge >= 0.3 is 0 Å². The highest BCUT2D eigenvalue weighted by Crippen LogP contribution is 2.18. The number of ether oxygens (including phenoxy) is 1. The monoisotopic (exact) mass is 294 g/mol. The minimum Gasteiger partial charge on any atom is -0.492 e. The third-order valence-electron chi connectivity index (χ3n) is 2.26. The van der Waals surface area contributed by atoms with Crippen molar-refractivity contribution < 1.29 is 4.74 Å². The smallest absolute Gasteiger partial charge is 0.123 e. The highest BCUT2D eigenvalue weighted by atomic mass is 35.5. The van der Waals surface area contributed by atoms with E-state index in [1.54, 1.807) is 0 Å². The van der Waals surface area contributed by atoms with E-state index in [-0.39, 0.29) is 24.8 Å². The highest BCUT2D eigenvalue weighted by Gasteiger charge is 2.03. The number of hydrogen-bond acceptors (Lipinski definition) is 3. The van der Waals surface area contributed by atoms with E-state index in [1.165, 1.54) is 5.56 Å². The van der Waals surface area contributed by atoms with Crippen molar-refractivity contribution in [3.8, 4) is 5.75 Å². The molecule has 0 radical (unpaired) electrons. The number of rotatable bonds is 6. The normalized spacial score (nSPS) is 9.89. The Labute approximate surface area is 123 Å². The van der Waals surface area contributed by atoms with E-state index >= 15 is 0 Å². The summed E-state index contributed by atoms with van der Waals surface area (Å²) in [5.41, 5.74) is 1.24. The lowest BCUT2D eigenvalue weighted by molar-refractivity contribution is 0.256. The average Bonchev–Trinajstić information content (AvgIpc) is 2.19. The summed E-state index contributed by atoms with van der Waals surface area (Å²) in [5.74, 6) is 0.998. The fourth-order valence-electron chi connectivity index (χ4n) is 1.45. The van der Waals surface area contributed by atoms with E-state index in [0.29, 0.717) is 0 Å². The number of para-hydroxylation sites is 1. The van der Waals surface area contributed by atoms with Gasteiger partial charge in [-0.3, -0.25) is 0 Å². The number of hydrogen-bond donors (Lipinski definition) is 0. The van der Waals surface area contributed by atoms with E-state index in [4.69, 9.17) is 4.74 Å². The quantitative estimate of drug-likeness (QED) is 0.802. The van der Waals surface area contributed by atoms with Crippen LogP contribution in [-0.2, 0) is 6.54 Å². The Morgan fingerprint density at radius 2 is 1.56 bits per heavy atom. The molecule has 1 aromatic rings. The predicted octanol–water partition coefficient (Wildman–Crippen LogP) is 2.53. The van der Waals surface area contributed by atoms with Crippen LogP contribution in [0.3, 0.4) is 0 Å². The van der Waals surface area contributed by atoms with Gasteiger partial charge in [0.15, 0.2) is 0 Å². The van der Waals surface area contributed by atoms with Gasteiger partial charge in [-0.2, -0.15) is 0 Å². The van der Waals surface area contributed by atoms with Crippen molar-refractivity contribution >= 4 is 24.8 Å². The summed E-state index contributed by atoms with van der Waals surface area (Å²) < 4.78 is 5.78. The van der Waals surface area contributed by atoms with Crippen LogP contribution >= 0.6 is 24.8 Å². The second kappa shape index (κ2) is 10.4. The van der Waals surface area contributed by atoms with Crippen LogP contribution in [0.5, 0.6) is 5.75 Å². The molecule has 0 aliphatic rings. The standard InChI is InChI=1S/C13H22N2O.2ClH/c1-14(2)9-10-16-13-8-6-5-7-12(13)11-15(3)4;;/h5-8H,9-11H2,1-4H3;2*1H. The third kappa shape index (κ3) is 7.77. The van der Waals surface area contributed by atoms with Crippen LogP contribution in [0.1, 0.15) is 5.56 Å². The Morgan fingerprint density at radius 1 is 0.944 bits per heavy atom. The number of nitrogens with zero attached hydrogens (tertiary/aromatic N) is 2. The molecule has 0 unspecified atom stereocenters. The molecule has 0 bridgehead atoms. The topological polar surface area (TPSA) is 15.7 Å². The van der Waals surface area contributed by atoms with E-state index < -0.39 is 0 Å². The lowest BCUT2D eigenvalue weighted by Crippen LogP contribution is -2.20. The summed E-state index contributed by atoms with van der Waals surface area (Å²) >= 11 is 0. The lowest BCUT2D eigenvalue weighted by atomic mass is 10.2. The summed E-state index contributed by atoms with van der Waals surface area (Å²) in [4.78, 5) is 4.27. The molecule has 0 amide bonds. The van der Waals surface area contributed by atoms with Crippen molar-refractivity contribution in [3.63, 3.8) is 0 Å². The molecule has 0 spiro atoms. The molecular formula is C13H24Cl2N2O. The van der Waals surface area contributed by atoms with Crippen LogP contribution in [0, 0.1) is 0 Å². The largest absolute Gasteiger partial charge is 0.492 e. The second-order valence-corrected chi connectivity index (χ2v) is 4.50. The Bertz CT molecular complexity index is 320. The molecule has 0 N–H and O–H groups in total. The maximum atomic E-state index is 5.78. The fourth-order valence-corrected chi connectivity index (χ4v) is 1.45. The number of likely N-dealkylation sites (N-methyl/N-ethyl adjacent to an activating group) is 1. The first-order chi connectivity index (χ1) is 7.59. The molecule has 0 heterocycles. The van der Waals surface area contributed by atoms with Crippen molar-refractivity contribution in [1.29, 1.82) is 0 Å². The molecule has 0 saturated heterocycles. The first kappa shape index (κ1) is 19.9. The van der Waals surface area contributed by atoms with E-state index in [0.717, 1.165) is 25.4 Å². The molecule has 5 heteroatoms. The van der Waals surface area contributed by atoms with Gasteiger partial charge in [-0.15, -0.1) is 24.8 Å². The number of halogens is 2. The fraction of sp³-hybridized carbons (Fsp3) is 0.538. The van der Waals surface area contributed by atoms with Crippen LogP contribution in [0.2, 0.25) is 0 Å². The zero-order chi connectivity index (χ0) is 12.0. The van der Waals surface area contributed by atoms with Crippen molar-refractivity contribution in [2.45, 2.75) is 6.54 Å². The van der Waals surface area contributed by atoms with Crippen LogP contribution < -0.4 is 4.74 Å². The van der Waals surface area contributed by atoms with Gasteiger partial charge in [0.25, 0.3) is 0 Å². The van der Waals surface area contributed by atoms with Crippen molar-refractivity contribution in [1.82, 2.24) is 9.80 Å². The molecule has 3 nitrogen and oxygen atoms in total. The van der Waals surface area contributed by atoms with Gasteiger partial charge in [-0.25, -0.2) is 0 Å². The third-order valence-corrected chi connectivity index (χ3v) is 2.26. The first-order valence-electron chi connectivity index (χ1n) is 5.60. The molecule has 0 atom stereocenters. The molecular weight excluding hydrogens is 271 g/mol. The zero-order valence-corrected chi connectivity index (χ0v) is 13.2. The Morgan fingerprint density at radius 3 is 2.11 bits per heavy atom. The molecule has 0 aromatic heterocycles. The van der Waals surface area contributed by atoms with E-state index in [2.05, 4.69) is 50.1 Å². The van der Waals surface area contributed by atoms with E-state index in [9.17, 15) is 0 Å². The average molecular weight is 295 g/mol. The van der Waals surface area contributed by atoms with E-state index in [1.807, 2.05) is 12.1 Å². The Kier molecular flexibility index (Phi) is 11.5. The van der Waals surface area contributed by atoms with Crippen LogP contribution in [-0.4, -0.2) is 51.1 Å². The van der Waals surface area contributed by atoms with Gasteiger partial charge in [0.05, 0.1) is 0 Å². The van der Waals surface area contributed by atoms with Gasteiger partial charge in [-0.05, 0) is 34.3 Å². The zero-order valence-electron chi connectivity index (χ0n) is 11.5. The summed E-state index contributed by atoms with van der Waals surface area (Å²) in [6.45, 7) is 2.59. The highest BCUT2D eigenvalue weighted by molar-refractivity contribution is 5.85. The van der Waals surface area contributed by atoms with Crippen molar-refractivity contribution in [2.24, 2.45) is 0 Å². The minimum atomic E-state index is 0. The molecule has 0 fully saturated rings. The maximum Gasteiger partial charge on any atom is 0.123 e. The predicted molar refractivity (Wildman–Crippen MR) is 82.4 cm³/mol. The number of benzene rings is 1. The van der Waals surface area contributed by atoms with Gasteiger partial charge in [0.1, 0.15) is 12.4 Å². The van der Waals surface area contributed by atoms with Gasteiger partial charge in [0.2, 0.25) is 0 Å². The second-order valence-electron chi connectivity index (χ2n) is 4.50. The molecule has 0 aliphatic carbocycles. The first-order valence-corrected chi connectivity index (χ1v) is 5.60. The van der Waals surface area contributed by atoms with Gasteiger partial charge in [0, 0.05) is 18.7 Å². The summed E-state index contributed by atoms with van der Waals surface area (Å²) in [6.07, 6.45) is 0. The maximum absolute atomic E-state index is 5.78. The molecule has 1 aromatic carbocycles. The minimum absolute atomic E-state index is 0. The molecule has 0 saturated carbocycles.